The van der Waals surface area contributed by atoms with E-state index in [1.165, 1.54) is 7.11 Å². The van der Waals surface area contributed by atoms with Gasteiger partial charge in [0.2, 0.25) is 5.91 Å². The molecule has 118 valence electrons. The van der Waals surface area contributed by atoms with E-state index in [2.05, 4.69) is 10.3 Å². The van der Waals surface area contributed by atoms with Crippen molar-refractivity contribution in [3.8, 4) is 0 Å². The second kappa shape index (κ2) is 7.09. The lowest BCUT2D eigenvalue weighted by Crippen LogP contribution is -2.43. The summed E-state index contributed by atoms with van der Waals surface area (Å²) in [6.07, 6.45) is 2.68. The van der Waals surface area contributed by atoms with Gasteiger partial charge in [-0.05, 0) is 24.5 Å². The van der Waals surface area contributed by atoms with Gasteiger partial charge in [0.25, 0.3) is 0 Å². The van der Waals surface area contributed by atoms with E-state index in [9.17, 15) is 9.59 Å². The van der Waals surface area contributed by atoms with Gasteiger partial charge in [-0.3, -0.25) is 4.79 Å². The van der Waals surface area contributed by atoms with Crippen LogP contribution in [0.25, 0.3) is 10.9 Å². The molecule has 0 aliphatic heterocycles. The van der Waals surface area contributed by atoms with Gasteiger partial charge in [0.15, 0.2) is 6.04 Å². The van der Waals surface area contributed by atoms with E-state index in [4.69, 9.17) is 9.84 Å². The molecule has 0 spiro atoms. The zero-order valence-corrected chi connectivity index (χ0v) is 12.7. The van der Waals surface area contributed by atoms with Crippen molar-refractivity contribution in [1.82, 2.24) is 10.3 Å². The second-order valence-electron chi connectivity index (χ2n) is 5.23. The molecule has 1 heterocycles. The number of amides is 1. The van der Waals surface area contributed by atoms with Crippen LogP contribution in [0.5, 0.6) is 0 Å². The Hall–Kier alpha value is -2.34. The van der Waals surface area contributed by atoms with Gasteiger partial charge in [0.05, 0.1) is 6.61 Å². The van der Waals surface area contributed by atoms with E-state index in [-0.39, 0.29) is 18.9 Å². The predicted molar refractivity (Wildman–Crippen MR) is 82.8 cm³/mol. The van der Waals surface area contributed by atoms with Gasteiger partial charge in [-0.2, -0.15) is 0 Å². The van der Waals surface area contributed by atoms with Crippen molar-refractivity contribution in [2.24, 2.45) is 0 Å². The normalized spacial score (nSPS) is 12.3. The van der Waals surface area contributed by atoms with Crippen molar-refractivity contribution in [3.63, 3.8) is 0 Å². The van der Waals surface area contributed by atoms with Crippen LogP contribution in [0, 0.1) is 6.92 Å². The molecule has 2 rings (SSSR count). The molecule has 1 atom stereocenters. The fourth-order valence-electron chi connectivity index (χ4n) is 2.43. The van der Waals surface area contributed by atoms with Crippen molar-refractivity contribution >= 4 is 22.8 Å². The number of carboxylic acid groups (broad SMARTS) is 1. The van der Waals surface area contributed by atoms with E-state index in [1.807, 2.05) is 31.3 Å². The molecular formula is C16H20N2O4. The number of benzene rings is 1. The smallest absolute Gasteiger partial charge is 0.328 e. The molecule has 0 fully saturated rings. The third-order valence-corrected chi connectivity index (χ3v) is 3.60. The number of aryl methyl sites for hydroxylation is 2. The molecule has 0 saturated heterocycles. The quantitative estimate of drug-likeness (QED) is 0.725. The van der Waals surface area contributed by atoms with Crippen molar-refractivity contribution in [2.45, 2.75) is 25.8 Å². The monoisotopic (exact) mass is 304 g/mol. The Kier molecular flexibility index (Phi) is 5.16. The van der Waals surface area contributed by atoms with E-state index in [1.54, 1.807) is 0 Å². The van der Waals surface area contributed by atoms with Gasteiger partial charge in [-0.15, -0.1) is 0 Å². The van der Waals surface area contributed by atoms with Gasteiger partial charge in [0.1, 0.15) is 0 Å². The first-order chi connectivity index (χ1) is 10.5. The Morgan fingerprint density at radius 2 is 2.18 bits per heavy atom. The van der Waals surface area contributed by atoms with E-state index in [0.717, 1.165) is 22.0 Å². The molecule has 0 aliphatic rings. The number of aliphatic carboxylic acids is 1. The number of aromatic nitrogens is 1. The molecule has 0 aliphatic carbocycles. The van der Waals surface area contributed by atoms with Crippen LogP contribution >= 0.6 is 0 Å². The number of rotatable bonds is 7. The molecule has 3 N–H and O–H groups in total. The number of carbonyl (C=O) groups is 2. The lowest BCUT2D eigenvalue weighted by Gasteiger charge is -2.13. The summed E-state index contributed by atoms with van der Waals surface area (Å²) in [7, 11) is 1.40. The number of carboxylic acids is 1. The molecular weight excluding hydrogens is 284 g/mol. The number of fused-ring (bicyclic) bond motifs is 1. The average Bonchev–Trinajstić information content (AvgIpc) is 2.89. The van der Waals surface area contributed by atoms with Crippen LogP contribution in [0.4, 0.5) is 0 Å². The molecule has 6 heteroatoms. The third-order valence-electron chi connectivity index (χ3n) is 3.60. The van der Waals surface area contributed by atoms with E-state index >= 15 is 0 Å². The van der Waals surface area contributed by atoms with Crippen molar-refractivity contribution < 1.29 is 19.4 Å². The van der Waals surface area contributed by atoms with Crippen molar-refractivity contribution in [3.05, 3.63) is 35.5 Å². The zero-order valence-electron chi connectivity index (χ0n) is 12.7. The summed E-state index contributed by atoms with van der Waals surface area (Å²) < 4.78 is 4.79. The van der Waals surface area contributed by atoms with Crippen LogP contribution in [0.2, 0.25) is 0 Å². The number of methoxy groups -OCH3 is 1. The number of hydrogen-bond donors (Lipinski definition) is 3. The van der Waals surface area contributed by atoms with Gasteiger partial charge in [-0.25, -0.2) is 4.79 Å². The van der Waals surface area contributed by atoms with Crippen LogP contribution < -0.4 is 5.32 Å². The SMILES string of the molecule is COCC(NC(=O)CCc1c[nH]c2c(C)cccc12)C(=O)O. The first kappa shape index (κ1) is 16.0. The van der Waals surface area contributed by atoms with E-state index in [0.29, 0.717) is 6.42 Å². The summed E-state index contributed by atoms with van der Waals surface area (Å²) in [6.45, 7) is 1.98. The Balaban J connectivity index is 1.98. The number of aromatic amines is 1. The molecule has 22 heavy (non-hydrogen) atoms. The van der Waals surface area contributed by atoms with Gasteiger partial charge < -0.3 is 20.1 Å². The molecule has 1 amide bonds. The van der Waals surface area contributed by atoms with Gasteiger partial charge in [0, 0.05) is 30.6 Å². The molecule has 0 radical (unpaired) electrons. The van der Waals surface area contributed by atoms with Crippen LogP contribution in [-0.4, -0.2) is 41.7 Å². The van der Waals surface area contributed by atoms with Crippen LogP contribution in [-0.2, 0) is 20.7 Å². The Labute approximate surface area is 128 Å². The molecule has 6 nitrogen and oxygen atoms in total. The number of hydrogen-bond acceptors (Lipinski definition) is 3. The van der Waals surface area contributed by atoms with E-state index < -0.39 is 12.0 Å². The standard InChI is InChI=1S/C16H20N2O4/c1-10-4-3-5-12-11(8-17-15(10)12)6-7-14(19)18-13(9-22-2)16(20)21/h3-5,8,13,17H,6-7,9H2,1-2H3,(H,18,19)(H,20,21). The average molecular weight is 304 g/mol. The van der Waals surface area contributed by atoms with Crippen LogP contribution in [0.3, 0.4) is 0 Å². The highest BCUT2D eigenvalue weighted by molar-refractivity contribution is 5.87. The minimum Gasteiger partial charge on any atom is -0.480 e. The Morgan fingerprint density at radius 3 is 2.86 bits per heavy atom. The topological polar surface area (TPSA) is 91.4 Å². The maximum absolute atomic E-state index is 11.9. The largest absolute Gasteiger partial charge is 0.480 e. The third kappa shape index (κ3) is 3.65. The number of nitrogens with one attached hydrogen (secondary N) is 2. The molecule has 1 aromatic carbocycles. The van der Waals surface area contributed by atoms with Crippen LogP contribution in [0.15, 0.2) is 24.4 Å². The molecule has 0 saturated carbocycles. The summed E-state index contributed by atoms with van der Waals surface area (Å²) in [4.78, 5) is 26.1. The van der Waals surface area contributed by atoms with Crippen LogP contribution in [0.1, 0.15) is 17.5 Å². The number of carbonyl (C=O) groups excluding carboxylic acids is 1. The van der Waals surface area contributed by atoms with Gasteiger partial charge >= 0.3 is 5.97 Å². The highest BCUT2D eigenvalue weighted by atomic mass is 16.5. The summed E-state index contributed by atoms with van der Waals surface area (Å²) in [5, 5.41) is 12.5. The van der Waals surface area contributed by atoms with Crippen molar-refractivity contribution in [2.75, 3.05) is 13.7 Å². The number of ether oxygens (including phenoxy) is 1. The lowest BCUT2D eigenvalue weighted by molar-refractivity contribution is -0.143. The van der Waals surface area contributed by atoms with Crippen molar-refractivity contribution in [1.29, 1.82) is 0 Å². The summed E-state index contributed by atoms with van der Waals surface area (Å²) in [5.74, 6) is -1.40. The number of H-pyrrole nitrogens is 1. The maximum atomic E-state index is 11.9. The minimum atomic E-state index is -1.10. The first-order valence-electron chi connectivity index (χ1n) is 7.09. The summed E-state index contributed by atoms with van der Waals surface area (Å²) >= 11 is 0. The Morgan fingerprint density at radius 1 is 1.41 bits per heavy atom. The van der Waals surface area contributed by atoms with Gasteiger partial charge in [-0.1, -0.05) is 18.2 Å². The Bertz CT molecular complexity index is 678. The fourth-order valence-corrected chi connectivity index (χ4v) is 2.43. The zero-order chi connectivity index (χ0) is 16.1. The molecule has 0 bridgehead atoms. The highest BCUT2D eigenvalue weighted by Gasteiger charge is 2.19. The number of para-hydroxylation sites is 1. The first-order valence-corrected chi connectivity index (χ1v) is 7.09. The lowest BCUT2D eigenvalue weighted by atomic mass is 10.1. The molecule has 2 aromatic rings. The predicted octanol–water partition coefficient (Wildman–Crippen LogP) is 1.62. The maximum Gasteiger partial charge on any atom is 0.328 e. The molecule has 1 unspecified atom stereocenters. The summed E-state index contributed by atoms with van der Waals surface area (Å²) in [5.41, 5.74) is 3.27. The minimum absolute atomic E-state index is 0.0483. The second-order valence-corrected chi connectivity index (χ2v) is 5.23. The summed E-state index contributed by atoms with van der Waals surface area (Å²) in [6, 6.07) is 5.01. The highest BCUT2D eigenvalue weighted by Crippen LogP contribution is 2.22. The fraction of sp³-hybridized carbons (Fsp3) is 0.375. The molecule has 1 aromatic heterocycles.